The standard InChI is InChI=1S/C20H29N3O3.ClH/c1-26-17-7-3-6-15(12-17)19(24)22-8-9-23-20(25)16-10-13-4-2-5-14(11-16)18(13)21;/h3,6-7,12-14,16,18H,2,4-5,8-11,21H2,1H3,(H,22,24)(H,23,25);1H. The molecule has 2 atom stereocenters. The van der Waals surface area contributed by atoms with Gasteiger partial charge >= 0.3 is 0 Å². The van der Waals surface area contributed by atoms with Crippen LogP contribution < -0.4 is 21.1 Å². The van der Waals surface area contributed by atoms with Gasteiger partial charge in [-0.2, -0.15) is 0 Å². The van der Waals surface area contributed by atoms with Crippen LogP contribution in [-0.2, 0) is 4.79 Å². The Balaban J connectivity index is 0.00000261. The highest BCUT2D eigenvalue weighted by Crippen LogP contribution is 2.41. The highest BCUT2D eigenvalue weighted by Gasteiger charge is 2.40. The topological polar surface area (TPSA) is 93.5 Å². The summed E-state index contributed by atoms with van der Waals surface area (Å²) < 4.78 is 5.12. The Morgan fingerprint density at radius 2 is 1.81 bits per heavy atom. The minimum absolute atomic E-state index is 0. The van der Waals surface area contributed by atoms with Crippen molar-refractivity contribution in [2.24, 2.45) is 23.5 Å². The van der Waals surface area contributed by atoms with E-state index in [4.69, 9.17) is 10.5 Å². The van der Waals surface area contributed by atoms with Gasteiger partial charge in [0, 0.05) is 30.6 Å². The summed E-state index contributed by atoms with van der Waals surface area (Å²) >= 11 is 0. The quantitative estimate of drug-likeness (QED) is 0.643. The fraction of sp³-hybridized carbons (Fsp3) is 0.600. The number of carbonyl (C=O) groups excluding carboxylic acids is 2. The maximum Gasteiger partial charge on any atom is 0.251 e. The van der Waals surface area contributed by atoms with Crippen molar-refractivity contribution in [3.05, 3.63) is 29.8 Å². The van der Waals surface area contributed by atoms with Crippen LogP contribution in [0.15, 0.2) is 24.3 Å². The molecular formula is C20H30ClN3O3. The number of nitrogens with one attached hydrogen (secondary N) is 2. The average molecular weight is 396 g/mol. The molecule has 2 aliphatic carbocycles. The molecule has 1 aromatic rings. The molecule has 2 amide bonds. The molecule has 0 spiro atoms. The van der Waals surface area contributed by atoms with E-state index in [2.05, 4.69) is 10.6 Å². The molecule has 0 radical (unpaired) electrons. The predicted molar refractivity (Wildman–Crippen MR) is 107 cm³/mol. The SMILES string of the molecule is COc1cccc(C(=O)NCCNC(=O)C2CC3CCCC(C2)C3N)c1.Cl. The number of methoxy groups -OCH3 is 1. The molecule has 6 nitrogen and oxygen atoms in total. The van der Waals surface area contributed by atoms with Crippen molar-refractivity contribution in [3.8, 4) is 5.75 Å². The van der Waals surface area contributed by atoms with Gasteiger partial charge in [0.2, 0.25) is 5.91 Å². The molecule has 2 unspecified atom stereocenters. The lowest BCUT2D eigenvalue weighted by Crippen LogP contribution is -2.49. The van der Waals surface area contributed by atoms with Gasteiger partial charge in [-0.15, -0.1) is 12.4 Å². The second-order valence-corrected chi connectivity index (χ2v) is 7.48. The Hall–Kier alpha value is -1.79. The zero-order valence-corrected chi connectivity index (χ0v) is 16.6. The van der Waals surface area contributed by atoms with Crippen LogP contribution in [0.5, 0.6) is 5.75 Å². The molecule has 7 heteroatoms. The fourth-order valence-corrected chi connectivity index (χ4v) is 4.38. The lowest BCUT2D eigenvalue weighted by atomic mass is 9.65. The number of halogens is 1. The highest BCUT2D eigenvalue weighted by molar-refractivity contribution is 5.94. The molecule has 0 saturated heterocycles. The normalized spacial score (nSPS) is 26.4. The van der Waals surface area contributed by atoms with Crippen LogP contribution in [0.1, 0.15) is 42.5 Å². The van der Waals surface area contributed by atoms with E-state index in [-0.39, 0.29) is 36.2 Å². The second kappa shape index (κ2) is 9.95. The van der Waals surface area contributed by atoms with Gasteiger partial charge < -0.3 is 21.1 Å². The first-order valence-electron chi connectivity index (χ1n) is 9.54. The first-order chi connectivity index (χ1) is 12.6. The van der Waals surface area contributed by atoms with Crippen molar-refractivity contribution in [1.29, 1.82) is 0 Å². The third-order valence-electron chi connectivity index (χ3n) is 5.83. The number of hydrogen-bond donors (Lipinski definition) is 3. The number of carbonyl (C=O) groups is 2. The van der Waals surface area contributed by atoms with Crippen LogP contribution in [0.4, 0.5) is 0 Å². The van der Waals surface area contributed by atoms with Crippen LogP contribution in [0.25, 0.3) is 0 Å². The van der Waals surface area contributed by atoms with Crippen molar-refractivity contribution in [2.45, 2.75) is 38.1 Å². The third-order valence-corrected chi connectivity index (χ3v) is 5.83. The van der Waals surface area contributed by atoms with E-state index in [0.717, 1.165) is 25.7 Å². The third kappa shape index (κ3) is 5.36. The Morgan fingerprint density at radius 3 is 2.48 bits per heavy atom. The largest absolute Gasteiger partial charge is 0.497 e. The Kier molecular flexibility index (Phi) is 7.92. The molecule has 3 rings (SSSR count). The molecule has 1 aromatic carbocycles. The summed E-state index contributed by atoms with van der Waals surface area (Å²) in [5.74, 6) is 1.63. The van der Waals surface area contributed by atoms with E-state index < -0.39 is 0 Å². The van der Waals surface area contributed by atoms with Gasteiger partial charge in [0.15, 0.2) is 0 Å². The number of fused-ring (bicyclic) bond motifs is 2. The summed E-state index contributed by atoms with van der Waals surface area (Å²) in [6, 6.07) is 7.27. The molecule has 150 valence electrons. The van der Waals surface area contributed by atoms with Gasteiger partial charge in [-0.3, -0.25) is 9.59 Å². The van der Waals surface area contributed by atoms with E-state index in [0.29, 0.717) is 36.2 Å². The Bertz CT molecular complexity index is 641. The summed E-state index contributed by atoms with van der Waals surface area (Å²) in [7, 11) is 1.57. The summed E-state index contributed by atoms with van der Waals surface area (Å²) in [4.78, 5) is 24.6. The maximum atomic E-state index is 12.5. The number of benzene rings is 1. The van der Waals surface area contributed by atoms with Crippen LogP contribution in [-0.4, -0.2) is 38.1 Å². The molecule has 2 fully saturated rings. The maximum absolute atomic E-state index is 12.5. The average Bonchev–Trinajstić information content (AvgIpc) is 2.64. The molecule has 4 N–H and O–H groups in total. The Morgan fingerprint density at radius 1 is 1.15 bits per heavy atom. The zero-order chi connectivity index (χ0) is 18.5. The van der Waals surface area contributed by atoms with Crippen LogP contribution in [0.3, 0.4) is 0 Å². The number of rotatable bonds is 6. The zero-order valence-electron chi connectivity index (χ0n) is 15.8. The summed E-state index contributed by atoms with van der Waals surface area (Å²) in [5, 5.41) is 5.79. The molecule has 2 aliphatic rings. The second-order valence-electron chi connectivity index (χ2n) is 7.48. The lowest BCUT2D eigenvalue weighted by Gasteiger charge is -2.43. The number of ether oxygens (including phenoxy) is 1. The van der Waals surface area contributed by atoms with Crippen molar-refractivity contribution >= 4 is 24.2 Å². The number of amides is 2. The van der Waals surface area contributed by atoms with E-state index in [1.807, 2.05) is 0 Å². The first-order valence-corrected chi connectivity index (χ1v) is 9.54. The Labute approximate surface area is 167 Å². The summed E-state index contributed by atoms with van der Waals surface area (Å²) in [6.07, 6.45) is 5.35. The fourth-order valence-electron chi connectivity index (χ4n) is 4.38. The first kappa shape index (κ1) is 21.5. The van der Waals surface area contributed by atoms with E-state index in [1.165, 1.54) is 6.42 Å². The van der Waals surface area contributed by atoms with E-state index in [1.54, 1.807) is 31.4 Å². The van der Waals surface area contributed by atoms with Crippen molar-refractivity contribution in [3.63, 3.8) is 0 Å². The van der Waals surface area contributed by atoms with Gasteiger partial charge in [-0.05, 0) is 55.7 Å². The number of nitrogens with two attached hydrogens (primary N) is 1. The van der Waals surface area contributed by atoms with Crippen molar-refractivity contribution in [2.75, 3.05) is 20.2 Å². The van der Waals surface area contributed by atoms with Gasteiger partial charge in [0.25, 0.3) is 5.91 Å². The minimum Gasteiger partial charge on any atom is -0.497 e. The van der Waals surface area contributed by atoms with Crippen molar-refractivity contribution in [1.82, 2.24) is 10.6 Å². The number of hydrogen-bond acceptors (Lipinski definition) is 4. The molecule has 0 aromatic heterocycles. The monoisotopic (exact) mass is 395 g/mol. The van der Waals surface area contributed by atoms with Crippen LogP contribution in [0.2, 0.25) is 0 Å². The lowest BCUT2D eigenvalue weighted by molar-refractivity contribution is -0.127. The smallest absolute Gasteiger partial charge is 0.251 e. The van der Waals surface area contributed by atoms with Gasteiger partial charge in [-0.1, -0.05) is 12.5 Å². The molecule has 2 bridgehead atoms. The van der Waals surface area contributed by atoms with Gasteiger partial charge in [0.05, 0.1) is 7.11 Å². The van der Waals surface area contributed by atoms with Gasteiger partial charge in [0.1, 0.15) is 5.75 Å². The summed E-state index contributed by atoms with van der Waals surface area (Å²) in [5.41, 5.74) is 6.84. The molecule has 0 aliphatic heterocycles. The van der Waals surface area contributed by atoms with Crippen LogP contribution >= 0.6 is 12.4 Å². The predicted octanol–water partition coefficient (Wildman–Crippen LogP) is 2.12. The molecule has 2 saturated carbocycles. The molecule has 0 heterocycles. The van der Waals surface area contributed by atoms with Crippen molar-refractivity contribution < 1.29 is 14.3 Å². The van der Waals surface area contributed by atoms with E-state index >= 15 is 0 Å². The minimum atomic E-state index is -0.170. The van der Waals surface area contributed by atoms with Crippen LogP contribution in [0, 0.1) is 17.8 Å². The summed E-state index contributed by atoms with van der Waals surface area (Å²) in [6.45, 7) is 0.841. The molecule has 27 heavy (non-hydrogen) atoms. The molecular weight excluding hydrogens is 366 g/mol. The van der Waals surface area contributed by atoms with Gasteiger partial charge in [-0.25, -0.2) is 0 Å². The van der Waals surface area contributed by atoms with E-state index in [9.17, 15) is 9.59 Å². The highest BCUT2D eigenvalue weighted by atomic mass is 35.5.